The fraction of sp³-hybridized carbons (Fsp3) is 0.650. The van der Waals surface area contributed by atoms with E-state index >= 15 is 0 Å². The number of nitrogens with one attached hydrogen (secondary N) is 1. The Bertz CT molecular complexity index is 1400. The second-order valence-corrected chi connectivity index (χ2v) is 14.7. The lowest BCUT2D eigenvalue weighted by Crippen LogP contribution is -2.52. The third-order valence-electron chi connectivity index (χ3n) is 9.88. The average molecular weight is 732 g/mol. The molecule has 1 fully saturated rings. The fourth-order valence-corrected chi connectivity index (χ4v) is 6.70. The predicted octanol–water partition coefficient (Wildman–Crippen LogP) is 4.92. The number of allylic oxidation sites excluding steroid dienone is 4. The number of aliphatic hydroxyl groups excluding tert-OH is 1. The third-order valence-corrected chi connectivity index (χ3v) is 9.88. The van der Waals surface area contributed by atoms with E-state index in [9.17, 15) is 24.9 Å². The second-order valence-electron chi connectivity index (χ2n) is 14.7. The smallest absolute Gasteiger partial charge is 0.308 e. The van der Waals surface area contributed by atoms with Gasteiger partial charge in [-0.15, -0.1) is 0 Å². The monoisotopic (exact) mass is 731 g/mol. The van der Waals surface area contributed by atoms with Crippen molar-refractivity contribution in [3.05, 3.63) is 59.7 Å². The summed E-state index contributed by atoms with van der Waals surface area (Å²) in [5.74, 6) is 0.495. The molecule has 2 heterocycles. The topological polar surface area (TPSA) is 166 Å². The number of fused-ring (bicyclic) bond motifs is 1. The summed E-state index contributed by atoms with van der Waals surface area (Å²) in [6.45, 7) is 13.5. The maximum Gasteiger partial charge on any atom is 0.308 e. The van der Waals surface area contributed by atoms with Crippen molar-refractivity contribution in [1.82, 2.24) is 5.32 Å². The Kier molecular flexibility index (Phi) is 16.4. The van der Waals surface area contributed by atoms with Gasteiger partial charge in [0.1, 0.15) is 17.8 Å². The van der Waals surface area contributed by atoms with Crippen molar-refractivity contribution in [2.45, 2.75) is 135 Å². The van der Waals surface area contributed by atoms with E-state index in [4.69, 9.17) is 23.7 Å². The molecule has 1 aromatic carbocycles. The summed E-state index contributed by atoms with van der Waals surface area (Å²) in [5.41, 5.74) is -0.696. The molecule has 4 N–H and O–H groups in total. The molecule has 0 spiro atoms. The maximum absolute atomic E-state index is 11.9. The van der Waals surface area contributed by atoms with Crippen LogP contribution in [0.1, 0.15) is 86.1 Å². The van der Waals surface area contributed by atoms with Crippen molar-refractivity contribution in [2.24, 2.45) is 11.8 Å². The van der Waals surface area contributed by atoms with Crippen molar-refractivity contribution in [1.29, 1.82) is 0 Å². The summed E-state index contributed by atoms with van der Waals surface area (Å²) in [6.07, 6.45) is 8.53. The normalized spacial score (nSPS) is 23.0. The second kappa shape index (κ2) is 19.7. The highest BCUT2D eigenvalue weighted by molar-refractivity contribution is 5.69. The lowest BCUT2D eigenvalue weighted by atomic mass is 9.87. The zero-order chi connectivity index (χ0) is 38.6. The molecule has 1 saturated heterocycles. The van der Waals surface area contributed by atoms with E-state index in [1.54, 1.807) is 26.2 Å². The first-order chi connectivity index (χ1) is 24.5. The van der Waals surface area contributed by atoms with Gasteiger partial charge in [0, 0.05) is 26.5 Å². The molecule has 2 aliphatic rings. The van der Waals surface area contributed by atoms with Gasteiger partial charge in [-0.3, -0.25) is 9.59 Å². The minimum absolute atomic E-state index is 0.0226. The van der Waals surface area contributed by atoms with Crippen LogP contribution in [-0.2, 0) is 35.1 Å². The van der Waals surface area contributed by atoms with Crippen molar-refractivity contribution in [3.63, 3.8) is 0 Å². The number of aliphatic hydroxyl groups is 3. The molecule has 0 amide bonds. The van der Waals surface area contributed by atoms with Crippen molar-refractivity contribution >= 4 is 11.9 Å². The molecule has 10 atom stereocenters. The van der Waals surface area contributed by atoms with Crippen LogP contribution in [0.15, 0.2) is 54.2 Å². The molecule has 292 valence electrons. The summed E-state index contributed by atoms with van der Waals surface area (Å²) in [6, 6.07) is 5.39. The molecule has 2 aliphatic heterocycles. The highest BCUT2D eigenvalue weighted by Crippen LogP contribution is 2.39. The zero-order valence-corrected chi connectivity index (χ0v) is 32.3. The molecule has 12 nitrogen and oxygen atoms in total. The Labute approximate surface area is 309 Å². The Morgan fingerprint density at radius 3 is 2.42 bits per heavy atom. The van der Waals surface area contributed by atoms with Gasteiger partial charge in [-0.1, -0.05) is 56.7 Å². The number of ether oxygens (including phenoxy) is 6. The van der Waals surface area contributed by atoms with Gasteiger partial charge in [0.05, 0.1) is 43.5 Å². The summed E-state index contributed by atoms with van der Waals surface area (Å²) >= 11 is 0. The quantitative estimate of drug-likeness (QED) is 0.0551. The third kappa shape index (κ3) is 13.0. The fourth-order valence-electron chi connectivity index (χ4n) is 6.70. The average Bonchev–Trinajstić information content (AvgIpc) is 3.72. The number of epoxide rings is 1. The largest absolute Gasteiger partial charge is 0.469 e. The Balaban J connectivity index is 1.67. The van der Waals surface area contributed by atoms with Crippen LogP contribution in [0, 0.1) is 11.8 Å². The molecule has 0 saturated carbocycles. The number of hydrogen-bond donors (Lipinski definition) is 4. The lowest BCUT2D eigenvalue weighted by molar-refractivity contribution is -0.156. The molecule has 2 unspecified atom stereocenters. The molecule has 0 aromatic heterocycles. The summed E-state index contributed by atoms with van der Waals surface area (Å²) < 4.78 is 32.9. The van der Waals surface area contributed by atoms with E-state index in [0.29, 0.717) is 24.5 Å². The Morgan fingerprint density at radius 1 is 1.06 bits per heavy atom. The minimum atomic E-state index is -1.48. The van der Waals surface area contributed by atoms with Gasteiger partial charge in [0.2, 0.25) is 6.79 Å². The molecule has 52 heavy (non-hydrogen) atoms. The van der Waals surface area contributed by atoms with E-state index in [-0.39, 0.29) is 56.2 Å². The number of hydrogen-bond acceptors (Lipinski definition) is 12. The SMILES string of the molecule is CC[C@H](OC)[C@@H](C)[C@H]1O[C@@H]1C(NCc1ccc2c(c1)OCO2)C(C)(O)/C=C/C=C(\C)C[C@@H](C)/C=C/[C@H](OC(C)=O)[C@](C)(O)CC[C@@H](O)CC(=O)OC. The highest BCUT2D eigenvalue weighted by atomic mass is 16.7. The standard InChI is InChI=1S/C40H61NO11/c1-10-31(47-8)27(4)36-37(52-36)38(41-23-29-14-15-32-33(21-29)50-24-49-32)40(7,46)18-11-12-25(2)20-26(3)13-16-34(51-28(5)42)39(6,45)19-17-30(43)22-35(44)48-9/h11-16,18,21,26-27,30-31,34,36-38,41,43,45-46H,10,17,19-20,22-24H2,1-9H3/b16-13+,18-11+,25-12+/t26-,27+,30+,31-,34-,36+,37-,38?,39+,40?/m0/s1. The number of carbonyl (C=O) groups is 2. The molecule has 0 radical (unpaired) electrons. The molecular weight excluding hydrogens is 670 g/mol. The molecule has 1 aromatic rings. The van der Waals surface area contributed by atoms with E-state index < -0.39 is 41.4 Å². The van der Waals surface area contributed by atoms with Crippen LogP contribution in [0.4, 0.5) is 0 Å². The first kappa shape index (κ1) is 43.1. The van der Waals surface area contributed by atoms with Crippen LogP contribution < -0.4 is 14.8 Å². The predicted molar refractivity (Wildman–Crippen MR) is 197 cm³/mol. The van der Waals surface area contributed by atoms with Crippen LogP contribution in [0.3, 0.4) is 0 Å². The van der Waals surface area contributed by atoms with Crippen LogP contribution in [0.5, 0.6) is 11.5 Å². The maximum atomic E-state index is 11.9. The highest BCUT2D eigenvalue weighted by Gasteiger charge is 2.54. The summed E-state index contributed by atoms with van der Waals surface area (Å²) in [5, 5.41) is 36.7. The molecule has 12 heteroatoms. The Hall–Kier alpha value is -3.26. The van der Waals surface area contributed by atoms with Crippen LogP contribution in [0.25, 0.3) is 0 Å². The Morgan fingerprint density at radius 2 is 1.77 bits per heavy atom. The van der Waals surface area contributed by atoms with E-state index in [0.717, 1.165) is 17.6 Å². The van der Waals surface area contributed by atoms with Gasteiger partial charge in [-0.2, -0.15) is 0 Å². The number of methoxy groups -OCH3 is 2. The first-order valence-corrected chi connectivity index (χ1v) is 18.2. The van der Waals surface area contributed by atoms with E-state index in [1.165, 1.54) is 21.0 Å². The van der Waals surface area contributed by atoms with Crippen molar-refractivity contribution in [2.75, 3.05) is 21.0 Å². The summed E-state index contributed by atoms with van der Waals surface area (Å²) in [4.78, 5) is 23.3. The van der Waals surface area contributed by atoms with E-state index in [2.05, 4.69) is 23.9 Å². The van der Waals surface area contributed by atoms with Crippen molar-refractivity contribution < 1.29 is 53.3 Å². The van der Waals surface area contributed by atoms with Gasteiger partial charge in [0.25, 0.3) is 0 Å². The first-order valence-electron chi connectivity index (χ1n) is 18.2. The minimum Gasteiger partial charge on any atom is -0.469 e. The van der Waals surface area contributed by atoms with Crippen molar-refractivity contribution in [3.8, 4) is 11.5 Å². The zero-order valence-electron chi connectivity index (χ0n) is 32.3. The van der Waals surface area contributed by atoms with Gasteiger partial charge in [-0.05, 0) is 76.1 Å². The number of benzene rings is 1. The van der Waals surface area contributed by atoms with Crippen LogP contribution in [0.2, 0.25) is 0 Å². The molecular formula is C40H61NO11. The number of carbonyl (C=O) groups excluding carboxylic acids is 2. The van der Waals surface area contributed by atoms with Crippen LogP contribution in [-0.4, -0.2) is 96.0 Å². The molecule has 0 bridgehead atoms. The van der Waals surface area contributed by atoms with E-state index in [1.807, 2.05) is 50.3 Å². The van der Waals surface area contributed by atoms with Gasteiger partial charge in [-0.25, -0.2) is 0 Å². The summed E-state index contributed by atoms with van der Waals surface area (Å²) in [7, 11) is 2.96. The number of esters is 2. The van der Waals surface area contributed by atoms with Gasteiger partial charge < -0.3 is 49.1 Å². The van der Waals surface area contributed by atoms with Gasteiger partial charge in [0.15, 0.2) is 11.5 Å². The lowest BCUT2D eigenvalue weighted by Gasteiger charge is -2.31. The van der Waals surface area contributed by atoms with Crippen LogP contribution >= 0.6 is 0 Å². The molecule has 3 rings (SSSR count). The van der Waals surface area contributed by atoms with Gasteiger partial charge >= 0.3 is 11.9 Å². The number of rotatable bonds is 22. The molecule has 0 aliphatic carbocycles.